The van der Waals surface area contributed by atoms with Gasteiger partial charge in [-0.25, -0.2) is 0 Å². The lowest BCUT2D eigenvalue weighted by molar-refractivity contribution is 0.102. The molecule has 0 aliphatic carbocycles. The Balaban J connectivity index is 1.43. The van der Waals surface area contributed by atoms with Crippen molar-refractivity contribution in [2.24, 2.45) is 0 Å². The van der Waals surface area contributed by atoms with E-state index in [2.05, 4.69) is 27.6 Å². The van der Waals surface area contributed by atoms with Gasteiger partial charge in [-0.2, -0.15) is 0 Å². The second kappa shape index (κ2) is 7.52. The molecule has 0 saturated carbocycles. The number of hydrogen-bond donors (Lipinski definition) is 1. The zero-order valence-corrected chi connectivity index (χ0v) is 15.6. The van der Waals surface area contributed by atoms with Crippen LogP contribution in [0, 0.1) is 13.8 Å². The van der Waals surface area contributed by atoms with E-state index in [9.17, 15) is 4.79 Å². The predicted octanol–water partition coefficient (Wildman–Crippen LogP) is 4.79. The van der Waals surface area contributed by atoms with E-state index < -0.39 is 0 Å². The summed E-state index contributed by atoms with van der Waals surface area (Å²) in [5, 5.41) is 10.5. The average Bonchev–Trinajstić information content (AvgIpc) is 3.28. The van der Waals surface area contributed by atoms with Crippen molar-refractivity contribution in [1.82, 2.24) is 10.2 Å². The van der Waals surface area contributed by atoms with Gasteiger partial charge < -0.3 is 8.83 Å². The van der Waals surface area contributed by atoms with Crippen LogP contribution in [0.25, 0.3) is 11.5 Å². The van der Waals surface area contributed by atoms with E-state index in [1.807, 2.05) is 50.2 Å². The minimum atomic E-state index is -0.304. The number of amides is 1. The first-order valence-electron chi connectivity index (χ1n) is 8.93. The normalized spacial score (nSPS) is 10.8. The summed E-state index contributed by atoms with van der Waals surface area (Å²) in [6.07, 6.45) is 0.819. The fourth-order valence-corrected chi connectivity index (χ4v) is 3.00. The molecular formula is C22H19N3O3. The van der Waals surface area contributed by atoms with Crippen LogP contribution in [0.2, 0.25) is 0 Å². The molecule has 0 bridgehead atoms. The molecule has 0 aliphatic rings. The fraction of sp³-hybridized carbons (Fsp3) is 0.136. The van der Waals surface area contributed by atoms with Gasteiger partial charge in [-0.05, 0) is 49.6 Å². The lowest BCUT2D eigenvalue weighted by atomic mass is 10.0. The van der Waals surface area contributed by atoms with Gasteiger partial charge in [0.25, 0.3) is 11.8 Å². The SMILES string of the molecule is Cc1cc(-c2nnc(NC(=O)c3ccc(Cc4ccccc4)cc3)o2)c(C)o1. The van der Waals surface area contributed by atoms with Gasteiger partial charge >= 0.3 is 6.01 Å². The second-order valence-electron chi connectivity index (χ2n) is 6.55. The van der Waals surface area contributed by atoms with Crippen molar-refractivity contribution in [2.45, 2.75) is 20.3 Å². The Bertz CT molecular complexity index is 1100. The number of furan rings is 1. The number of nitrogens with one attached hydrogen (secondary N) is 1. The second-order valence-corrected chi connectivity index (χ2v) is 6.55. The van der Waals surface area contributed by atoms with Crippen LogP contribution in [0.5, 0.6) is 0 Å². The standard InChI is InChI=1S/C22H19N3O3/c1-14-12-19(15(2)27-14)21-24-25-22(28-21)23-20(26)18-10-8-17(9-11-18)13-16-6-4-3-5-7-16/h3-12H,13H2,1-2H3,(H,23,25,26). The lowest BCUT2D eigenvalue weighted by Crippen LogP contribution is -2.12. The molecule has 1 amide bonds. The van der Waals surface area contributed by atoms with Crippen LogP contribution in [-0.2, 0) is 6.42 Å². The number of benzene rings is 2. The number of anilines is 1. The lowest BCUT2D eigenvalue weighted by Gasteiger charge is -2.04. The summed E-state index contributed by atoms with van der Waals surface area (Å²) in [6.45, 7) is 3.67. The van der Waals surface area contributed by atoms with Crippen molar-refractivity contribution in [2.75, 3.05) is 5.32 Å². The van der Waals surface area contributed by atoms with Crippen LogP contribution in [0.3, 0.4) is 0 Å². The molecule has 1 N–H and O–H groups in total. The summed E-state index contributed by atoms with van der Waals surface area (Å²) < 4.78 is 11.0. The summed E-state index contributed by atoms with van der Waals surface area (Å²) >= 11 is 0. The van der Waals surface area contributed by atoms with Crippen molar-refractivity contribution in [3.8, 4) is 11.5 Å². The summed E-state index contributed by atoms with van der Waals surface area (Å²) in [4.78, 5) is 12.4. The molecule has 2 aromatic carbocycles. The number of hydrogen-bond acceptors (Lipinski definition) is 5. The van der Waals surface area contributed by atoms with E-state index in [4.69, 9.17) is 8.83 Å². The number of aromatic nitrogens is 2. The molecule has 0 unspecified atom stereocenters. The molecule has 28 heavy (non-hydrogen) atoms. The zero-order chi connectivity index (χ0) is 19.5. The van der Waals surface area contributed by atoms with E-state index >= 15 is 0 Å². The molecule has 4 rings (SSSR count). The molecule has 0 aliphatic heterocycles. The first-order chi connectivity index (χ1) is 13.6. The van der Waals surface area contributed by atoms with E-state index in [1.165, 1.54) is 5.56 Å². The van der Waals surface area contributed by atoms with E-state index in [1.54, 1.807) is 12.1 Å². The van der Waals surface area contributed by atoms with Gasteiger partial charge in [0, 0.05) is 5.56 Å². The smallest absolute Gasteiger partial charge is 0.322 e. The van der Waals surface area contributed by atoms with Crippen LogP contribution < -0.4 is 5.32 Å². The molecule has 0 saturated heterocycles. The van der Waals surface area contributed by atoms with Crippen molar-refractivity contribution in [3.05, 3.63) is 88.9 Å². The van der Waals surface area contributed by atoms with Gasteiger partial charge in [-0.15, -0.1) is 5.10 Å². The monoisotopic (exact) mass is 373 g/mol. The van der Waals surface area contributed by atoms with Gasteiger partial charge in [0.1, 0.15) is 11.5 Å². The van der Waals surface area contributed by atoms with E-state index in [-0.39, 0.29) is 11.9 Å². The molecular weight excluding hydrogens is 354 g/mol. The number of carbonyl (C=O) groups excluding carboxylic acids is 1. The Hall–Kier alpha value is -3.67. The number of nitrogens with zero attached hydrogens (tertiary/aromatic N) is 2. The van der Waals surface area contributed by atoms with Crippen LogP contribution in [-0.4, -0.2) is 16.1 Å². The quantitative estimate of drug-likeness (QED) is 0.544. The number of rotatable bonds is 5. The van der Waals surface area contributed by atoms with Crippen LogP contribution >= 0.6 is 0 Å². The highest BCUT2D eigenvalue weighted by atomic mass is 16.4. The summed E-state index contributed by atoms with van der Waals surface area (Å²) in [5.41, 5.74) is 3.60. The molecule has 2 aromatic heterocycles. The van der Waals surface area contributed by atoms with Crippen LogP contribution in [0.1, 0.15) is 33.0 Å². The third kappa shape index (κ3) is 3.86. The minimum Gasteiger partial charge on any atom is -0.466 e. The highest BCUT2D eigenvalue weighted by Gasteiger charge is 2.16. The molecule has 2 heterocycles. The van der Waals surface area contributed by atoms with E-state index in [0.29, 0.717) is 17.2 Å². The molecule has 0 atom stereocenters. The highest BCUT2D eigenvalue weighted by Crippen LogP contribution is 2.26. The third-order valence-electron chi connectivity index (χ3n) is 4.38. The average molecular weight is 373 g/mol. The molecule has 4 aromatic rings. The first kappa shape index (κ1) is 17.7. The number of carbonyl (C=O) groups is 1. The summed E-state index contributed by atoms with van der Waals surface area (Å²) in [5.74, 6) is 1.45. The van der Waals surface area contributed by atoms with Gasteiger partial charge in [-0.1, -0.05) is 47.6 Å². The van der Waals surface area contributed by atoms with Crippen molar-refractivity contribution < 1.29 is 13.6 Å². The van der Waals surface area contributed by atoms with E-state index in [0.717, 1.165) is 23.3 Å². The Morgan fingerprint density at radius 2 is 1.64 bits per heavy atom. The highest BCUT2D eigenvalue weighted by molar-refractivity contribution is 6.03. The van der Waals surface area contributed by atoms with Crippen LogP contribution in [0.15, 0.2) is 69.5 Å². The Kier molecular flexibility index (Phi) is 4.76. The zero-order valence-electron chi connectivity index (χ0n) is 15.6. The van der Waals surface area contributed by atoms with Gasteiger partial charge in [0.05, 0.1) is 5.56 Å². The Morgan fingerprint density at radius 1 is 0.929 bits per heavy atom. The minimum absolute atomic E-state index is 0.0478. The predicted molar refractivity (Wildman–Crippen MR) is 105 cm³/mol. The molecule has 6 nitrogen and oxygen atoms in total. The molecule has 140 valence electrons. The van der Waals surface area contributed by atoms with Gasteiger partial charge in [-0.3, -0.25) is 10.1 Å². The van der Waals surface area contributed by atoms with Gasteiger partial charge in [0.2, 0.25) is 0 Å². The Morgan fingerprint density at radius 3 is 2.32 bits per heavy atom. The van der Waals surface area contributed by atoms with Crippen molar-refractivity contribution in [3.63, 3.8) is 0 Å². The fourth-order valence-electron chi connectivity index (χ4n) is 3.00. The first-order valence-corrected chi connectivity index (χ1v) is 8.93. The maximum Gasteiger partial charge on any atom is 0.322 e. The Labute approximate surface area is 162 Å². The van der Waals surface area contributed by atoms with Gasteiger partial charge in [0.15, 0.2) is 0 Å². The molecule has 0 fully saturated rings. The summed E-state index contributed by atoms with van der Waals surface area (Å²) in [7, 11) is 0. The molecule has 0 radical (unpaired) electrons. The summed E-state index contributed by atoms with van der Waals surface area (Å²) in [6, 6.07) is 19.5. The molecule has 0 spiro atoms. The number of aryl methyl sites for hydroxylation is 2. The maximum atomic E-state index is 12.4. The molecule has 6 heteroatoms. The third-order valence-corrected chi connectivity index (χ3v) is 4.38. The van der Waals surface area contributed by atoms with Crippen molar-refractivity contribution >= 4 is 11.9 Å². The maximum absolute atomic E-state index is 12.4. The van der Waals surface area contributed by atoms with Crippen LogP contribution in [0.4, 0.5) is 6.01 Å². The largest absolute Gasteiger partial charge is 0.466 e. The topological polar surface area (TPSA) is 81.2 Å². The van der Waals surface area contributed by atoms with Crippen molar-refractivity contribution in [1.29, 1.82) is 0 Å².